The summed E-state index contributed by atoms with van der Waals surface area (Å²) in [6, 6.07) is 30.1. The highest BCUT2D eigenvalue weighted by Gasteiger charge is 2.44. The van der Waals surface area contributed by atoms with Crippen molar-refractivity contribution in [3.05, 3.63) is 90.5 Å². The number of benzene rings is 3. The zero-order chi connectivity index (χ0) is 26.4. The van der Waals surface area contributed by atoms with Crippen LogP contribution in [0.15, 0.2) is 99.9 Å². The minimum Gasteiger partial charge on any atom is -0.290 e. The van der Waals surface area contributed by atoms with Crippen LogP contribution in [-0.2, 0) is 0 Å². The van der Waals surface area contributed by atoms with E-state index in [1.165, 1.54) is 44.1 Å². The van der Waals surface area contributed by atoms with E-state index in [0.717, 1.165) is 60.4 Å². The molecule has 3 aliphatic rings. The maximum Gasteiger partial charge on any atom is 0.213 e. The Labute approximate surface area is 233 Å². The van der Waals surface area contributed by atoms with E-state index in [-0.39, 0.29) is 0 Å². The van der Waals surface area contributed by atoms with Gasteiger partial charge in [0.2, 0.25) is 5.96 Å². The van der Waals surface area contributed by atoms with Gasteiger partial charge >= 0.3 is 0 Å². The van der Waals surface area contributed by atoms with E-state index in [1.807, 2.05) is 12.1 Å². The number of nitrogens with zero attached hydrogens (tertiary/aromatic N) is 5. The number of hydrogen-bond acceptors (Lipinski definition) is 3. The van der Waals surface area contributed by atoms with Gasteiger partial charge in [-0.05, 0) is 69.0 Å². The van der Waals surface area contributed by atoms with Crippen LogP contribution >= 0.6 is 0 Å². The largest absolute Gasteiger partial charge is 0.290 e. The summed E-state index contributed by atoms with van der Waals surface area (Å²) < 4.78 is 0. The maximum absolute atomic E-state index is 5.56. The SMILES string of the molecule is Cc1ccc(N2C(=Nc3ccccc3)C(=Nc3ccccc3)N(C3CCCCC3)C2=NC2CCCCC2)cc1. The fraction of sp³-hybridized carbons (Fsp3) is 0.382. The lowest BCUT2D eigenvalue weighted by Crippen LogP contribution is -2.44. The number of rotatable bonds is 5. The van der Waals surface area contributed by atoms with E-state index in [4.69, 9.17) is 15.0 Å². The second-order valence-electron chi connectivity index (χ2n) is 11.1. The van der Waals surface area contributed by atoms with Gasteiger partial charge in [-0.1, -0.05) is 92.6 Å². The van der Waals surface area contributed by atoms with Crippen LogP contribution in [0.5, 0.6) is 0 Å². The summed E-state index contributed by atoms with van der Waals surface area (Å²) in [5.74, 6) is 2.77. The molecular formula is C34H39N5. The molecule has 3 aromatic carbocycles. The van der Waals surface area contributed by atoms with Gasteiger partial charge in [-0.15, -0.1) is 0 Å². The lowest BCUT2D eigenvalue weighted by Gasteiger charge is -2.33. The molecule has 0 N–H and O–H groups in total. The Morgan fingerprint density at radius 2 is 1.13 bits per heavy atom. The number of hydrogen-bond donors (Lipinski definition) is 0. The average molecular weight is 518 g/mol. The standard InChI is InChI=1S/C34H39N5/c1-26-22-24-31(25-23-26)39-33(36-28-16-8-3-9-17-28)32(35-27-14-6-2-7-15-27)38(30-20-12-5-13-21-30)34(39)37-29-18-10-4-11-19-29/h2-3,6-9,14-17,22-25,29-30H,4-5,10-13,18-21H2,1H3. The Bertz CT molecular complexity index is 1320. The third kappa shape index (κ3) is 5.83. The number of anilines is 1. The van der Waals surface area contributed by atoms with Gasteiger partial charge in [-0.3, -0.25) is 9.80 Å². The first-order valence-electron chi connectivity index (χ1n) is 14.8. The van der Waals surface area contributed by atoms with Gasteiger partial charge in [-0.2, -0.15) is 0 Å². The summed E-state index contributed by atoms with van der Waals surface area (Å²) in [5.41, 5.74) is 4.20. The molecule has 2 saturated carbocycles. The van der Waals surface area contributed by atoms with Gasteiger partial charge in [0.15, 0.2) is 11.7 Å². The molecule has 2 aliphatic carbocycles. The Kier molecular flexibility index (Phi) is 7.85. The van der Waals surface area contributed by atoms with E-state index < -0.39 is 0 Å². The highest BCUT2D eigenvalue weighted by molar-refractivity contribution is 6.57. The summed E-state index contributed by atoms with van der Waals surface area (Å²) in [4.78, 5) is 20.9. The molecule has 1 saturated heterocycles. The highest BCUT2D eigenvalue weighted by Crippen LogP contribution is 2.34. The quantitative estimate of drug-likeness (QED) is 0.340. The normalized spacial score (nSPS) is 22.3. The van der Waals surface area contributed by atoms with Gasteiger partial charge in [-0.25, -0.2) is 15.0 Å². The average Bonchev–Trinajstić information content (AvgIpc) is 3.27. The first-order valence-corrected chi connectivity index (χ1v) is 14.8. The maximum atomic E-state index is 5.56. The molecule has 0 bridgehead atoms. The summed E-state index contributed by atoms with van der Waals surface area (Å²) in [7, 11) is 0. The van der Waals surface area contributed by atoms with Gasteiger partial charge in [0.1, 0.15) is 0 Å². The number of amidine groups is 2. The molecule has 3 aromatic rings. The van der Waals surface area contributed by atoms with E-state index in [0.29, 0.717) is 12.1 Å². The molecule has 0 amide bonds. The molecule has 0 atom stereocenters. The van der Waals surface area contributed by atoms with E-state index in [1.54, 1.807) is 0 Å². The van der Waals surface area contributed by atoms with Crippen molar-refractivity contribution < 1.29 is 0 Å². The van der Waals surface area contributed by atoms with Crippen LogP contribution in [-0.4, -0.2) is 34.6 Å². The number of guanidine groups is 1. The first kappa shape index (κ1) is 25.5. The van der Waals surface area contributed by atoms with Gasteiger partial charge < -0.3 is 0 Å². The number of para-hydroxylation sites is 2. The molecule has 6 rings (SSSR count). The monoisotopic (exact) mass is 517 g/mol. The van der Waals surface area contributed by atoms with Crippen molar-refractivity contribution in [3.8, 4) is 0 Å². The molecule has 0 radical (unpaired) electrons. The molecule has 1 heterocycles. The minimum atomic E-state index is 0.335. The van der Waals surface area contributed by atoms with Crippen molar-refractivity contribution in [1.29, 1.82) is 0 Å². The Hall–Kier alpha value is -3.73. The molecule has 0 unspecified atom stereocenters. The Morgan fingerprint density at radius 3 is 1.72 bits per heavy atom. The van der Waals surface area contributed by atoms with Gasteiger partial charge in [0.05, 0.1) is 23.1 Å². The van der Waals surface area contributed by atoms with Crippen molar-refractivity contribution in [2.75, 3.05) is 4.90 Å². The second-order valence-corrected chi connectivity index (χ2v) is 11.1. The fourth-order valence-corrected chi connectivity index (χ4v) is 6.06. The zero-order valence-electron chi connectivity index (χ0n) is 23.0. The molecule has 5 nitrogen and oxygen atoms in total. The lowest BCUT2D eigenvalue weighted by molar-refractivity contribution is 0.321. The first-order chi connectivity index (χ1) is 19.3. The Morgan fingerprint density at radius 1 is 0.590 bits per heavy atom. The van der Waals surface area contributed by atoms with Crippen LogP contribution in [0.4, 0.5) is 17.1 Å². The molecule has 5 heteroatoms. The summed E-state index contributed by atoms with van der Waals surface area (Å²) in [6.07, 6.45) is 12.2. The van der Waals surface area contributed by atoms with Crippen molar-refractivity contribution in [3.63, 3.8) is 0 Å². The van der Waals surface area contributed by atoms with Gasteiger partial charge in [0.25, 0.3) is 0 Å². The molecular weight excluding hydrogens is 478 g/mol. The third-order valence-electron chi connectivity index (χ3n) is 8.14. The zero-order valence-corrected chi connectivity index (χ0v) is 23.0. The van der Waals surface area contributed by atoms with Crippen LogP contribution in [0.25, 0.3) is 0 Å². The van der Waals surface area contributed by atoms with Crippen molar-refractivity contribution in [1.82, 2.24) is 4.90 Å². The van der Waals surface area contributed by atoms with E-state index in [9.17, 15) is 0 Å². The molecule has 3 fully saturated rings. The lowest BCUT2D eigenvalue weighted by atomic mass is 9.94. The van der Waals surface area contributed by atoms with Crippen LogP contribution in [0.3, 0.4) is 0 Å². The highest BCUT2D eigenvalue weighted by atomic mass is 15.5. The number of aliphatic imine (C=N–C) groups is 3. The van der Waals surface area contributed by atoms with Crippen molar-refractivity contribution in [2.45, 2.75) is 83.2 Å². The van der Waals surface area contributed by atoms with Crippen LogP contribution in [0.1, 0.15) is 69.8 Å². The van der Waals surface area contributed by atoms with Crippen LogP contribution in [0, 0.1) is 6.92 Å². The topological polar surface area (TPSA) is 43.6 Å². The smallest absolute Gasteiger partial charge is 0.213 e. The van der Waals surface area contributed by atoms with Crippen molar-refractivity contribution in [2.24, 2.45) is 15.0 Å². The van der Waals surface area contributed by atoms with E-state index >= 15 is 0 Å². The molecule has 1 aliphatic heterocycles. The van der Waals surface area contributed by atoms with Crippen LogP contribution in [0.2, 0.25) is 0 Å². The van der Waals surface area contributed by atoms with Crippen LogP contribution < -0.4 is 4.90 Å². The number of aryl methyl sites for hydroxylation is 1. The molecule has 200 valence electrons. The summed E-state index contributed by atoms with van der Waals surface area (Å²) >= 11 is 0. The second kappa shape index (κ2) is 12.0. The molecule has 0 spiro atoms. The molecule has 0 aromatic heterocycles. The van der Waals surface area contributed by atoms with Crippen molar-refractivity contribution >= 4 is 34.7 Å². The minimum absolute atomic E-state index is 0.335. The summed E-state index contributed by atoms with van der Waals surface area (Å²) in [6.45, 7) is 2.14. The van der Waals surface area contributed by atoms with Gasteiger partial charge in [0, 0.05) is 6.04 Å². The summed E-state index contributed by atoms with van der Waals surface area (Å²) in [5, 5.41) is 0. The predicted octanol–water partition coefficient (Wildman–Crippen LogP) is 8.60. The van der Waals surface area contributed by atoms with E-state index in [2.05, 4.69) is 89.5 Å². The third-order valence-corrected chi connectivity index (χ3v) is 8.14. The Balaban J connectivity index is 1.59. The molecule has 39 heavy (non-hydrogen) atoms. The predicted molar refractivity (Wildman–Crippen MR) is 164 cm³/mol. The fourth-order valence-electron chi connectivity index (χ4n) is 6.06.